The van der Waals surface area contributed by atoms with Crippen LogP contribution in [0.3, 0.4) is 0 Å². The van der Waals surface area contributed by atoms with Crippen LogP contribution in [0.5, 0.6) is 0 Å². The van der Waals surface area contributed by atoms with Crippen molar-refractivity contribution in [3.63, 3.8) is 0 Å². The van der Waals surface area contributed by atoms with Crippen LogP contribution >= 0.6 is 11.3 Å². The van der Waals surface area contributed by atoms with Crippen LogP contribution in [-0.2, 0) is 10.0 Å². The van der Waals surface area contributed by atoms with Gasteiger partial charge >= 0.3 is 0 Å². The van der Waals surface area contributed by atoms with Crippen LogP contribution in [0.25, 0.3) is 0 Å². The van der Waals surface area contributed by atoms with Crippen molar-refractivity contribution in [3.8, 4) is 0 Å². The highest BCUT2D eigenvalue weighted by Crippen LogP contribution is 2.31. The lowest BCUT2D eigenvalue weighted by Crippen LogP contribution is -2.51. The maximum atomic E-state index is 12.2. The predicted octanol–water partition coefficient (Wildman–Crippen LogP) is 1.00. The third kappa shape index (κ3) is 2.67. The molecule has 1 heterocycles. The molecule has 0 unspecified atom stereocenters. The first-order valence-corrected chi connectivity index (χ1v) is 7.94. The fraction of sp³-hybridized carbons (Fsp3) is 0.700. The van der Waals surface area contributed by atoms with Crippen LogP contribution in [0.2, 0.25) is 0 Å². The van der Waals surface area contributed by atoms with E-state index in [4.69, 9.17) is 5.73 Å². The molecule has 1 aliphatic rings. The van der Waals surface area contributed by atoms with E-state index in [1.54, 1.807) is 6.92 Å². The summed E-state index contributed by atoms with van der Waals surface area (Å²) >= 11 is 1.18. The summed E-state index contributed by atoms with van der Waals surface area (Å²) in [6.45, 7) is 2.14. The van der Waals surface area contributed by atoms with E-state index < -0.39 is 15.6 Å². The zero-order chi connectivity index (χ0) is 12.5. The molecule has 0 atom stereocenters. The van der Waals surface area contributed by atoms with Crippen molar-refractivity contribution in [1.82, 2.24) is 9.71 Å². The largest absolute Gasteiger partial charge is 0.329 e. The van der Waals surface area contributed by atoms with E-state index in [1.165, 1.54) is 17.5 Å². The average Bonchev–Trinajstić information content (AvgIpc) is 2.87. The molecule has 96 valence electrons. The van der Waals surface area contributed by atoms with E-state index in [9.17, 15) is 8.42 Å². The molecule has 2 rings (SSSR count). The van der Waals surface area contributed by atoms with Gasteiger partial charge in [-0.1, -0.05) is 12.8 Å². The van der Waals surface area contributed by atoms with Crippen LogP contribution in [0.1, 0.15) is 30.7 Å². The second-order valence-corrected chi connectivity index (χ2v) is 7.64. The smallest absolute Gasteiger partial charge is 0.252 e. The van der Waals surface area contributed by atoms with E-state index in [2.05, 4.69) is 9.71 Å². The van der Waals surface area contributed by atoms with Crippen molar-refractivity contribution < 1.29 is 8.42 Å². The number of hydrogen-bond donors (Lipinski definition) is 2. The van der Waals surface area contributed by atoms with E-state index >= 15 is 0 Å². The number of sulfonamides is 1. The van der Waals surface area contributed by atoms with Gasteiger partial charge in [0.05, 0.1) is 11.2 Å². The number of aryl methyl sites for hydroxylation is 1. The lowest BCUT2D eigenvalue weighted by Gasteiger charge is -2.27. The highest BCUT2D eigenvalue weighted by atomic mass is 32.2. The van der Waals surface area contributed by atoms with Gasteiger partial charge in [0, 0.05) is 12.1 Å². The number of nitrogens with zero attached hydrogens (tertiary/aromatic N) is 1. The monoisotopic (exact) mass is 275 g/mol. The van der Waals surface area contributed by atoms with Gasteiger partial charge in [-0.15, -0.1) is 11.3 Å². The minimum Gasteiger partial charge on any atom is -0.329 e. The number of nitrogens with two attached hydrogens (primary N) is 1. The van der Waals surface area contributed by atoms with Crippen molar-refractivity contribution in [2.45, 2.75) is 42.4 Å². The molecule has 0 spiro atoms. The second kappa shape index (κ2) is 4.64. The van der Waals surface area contributed by atoms with Crippen molar-refractivity contribution in [2.75, 3.05) is 6.54 Å². The number of thiazole rings is 1. The van der Waals surface area contributed by atoms with E-state index in [-0.39, 0.29) is 4.21 Å². The highest BCUT2D eigenvalue weighted by molar-refractivity contribution is 7.91. The van der Waals surface area contributed by atoms with Crippen molar-refractivity contribution in [3.05, 3.63) is 11.2 Å². The fourth-order valence-electron chi connectivity index (χ4n) is 2.20. The summed E-state index contributed by atoms with van der Waals surface area (Å²) in [7, 11) is -3.47. The minimum atomic E-state index is -3.47. The third-order valence-corrected chi connectivity index (χ3v) is 6.12. The molecule has 17 heavy (non-hydrogen) atoms. The Kier molecular flexibility index (Phi) is 3.53. The number of hydrogen-bond acceptors (Lipinski definition) is 5. The van der Waals surface area contributed by atoms with Gasteiger partial charge in [-0.25, -0.2) is 18.1 Å². The summed E-state index contributed by atoms with van der Waals surface area (Å²) in [6.07, 6.45) is 5.10. The maximum absolute atomic E-state index is 12.2. The zero-order valence-electron chi connectivity index (χ0n) is 9.77. The minimum absolute atomic E-state index is 0.273. The highest BCUT2D eigenvalue weighted by Gasteiger charge is 2.37. The van der Waals surface area contributed by atoms with Crippen LogP contribution in [0.4, 0.5) is 0 Å². The molecule has 1 aliphatic carbocycles. The Balaban J connectivity index is 2.22. The van der Waals surface area contributed by atoms with Crippen molar-refractivity contribution in [1.29, 1.82) is 0 Å². The van der Waals surface area contributed by atoms with Crippen LogP contribution < -0.4 is 10.5 Å². The van der Waals surface area contributed by atoms with Gasteiger partial charge in [-0.2, -0.15) is 0 Å². The summed E-state index contributed by atoms with van der Waals surface area (Å²) in [4.78, 5) is 3.97. The molecule has 0 radical (unpaired) electrons. The summed E-state index contributed by atoms with van der Waals surface area (Å²) in [5.41, 5.74) is 5.27. The van der Waals surface area contributed by atoms with Gasteiger partial charge in [0.25, 0.3) is 10.0 Å². The lowest BCUT2D eigenvalue weighted by atomic mass is 10.0. The second-order valence-electron chi connectivity index (χ2n) is 4.50. The summed E-state index contributed by atoms with van der Waals surface area (Å²) in [5, 5.41) is 0.749. The molecule has 0 saturated heterocycles. The Hall–Kier alpha value is -0.500. The van der Waals surface area contributed by atoms with E-state index in [1.807, 2.05) is 0 Å². The predicted molar refractivity (Wildman–Crippen MR) is 67.4 cm³/mol. The molecule has 0 aliphatic heterocycles. The van der Waals surface area contributed by atoms with Gasteiger partial charge < -0.3 is 5.73 Å². The molecule has 1 aromatic rings. The average molecular weight is 275 g/mol. The maximum Gasteiger partial charge on any atom is 0.252 e. The first kappa shape index (κ1) is 12.9. The van der Waals surface area contributed by atoms with Crippen LogP contribution in [0.15, 0.2) is 10.4 Å². The molecule has 0 aromatic carbocycles. The molecule has 1 fully saturated rings. The molecular formula is C10H17N3O2S2. The Morgan fingerprint density at radius 3 is 2.65 bits per heavy atom. The molecule has 3 N–H and O–H groups in total. The quantitative estimate of drug-likeness (QED) is 0.858. The van der Waals surface area contributed by atoms with Crippen LogP contribution in [-0.4, -0.2) is 25.5 Å². The number of nitrogens with one attached hydrogen (secondary N) is 1. The summed E-state index contributed by atoms with van der Waals surface area (Å²) in [6, 6.07) is 0. The normalized spacial score (nSPS) is 19.6. The van der Waals surface area contributed by atoms with E-state index in [0.717, 1.165) is 30.7 Å². The standard InChI is InChI=1S/C10H17N3O2S2/c1-8-12-6-9(16-8)17(14,15)13-10(7-11)4-2-3-5-10/h6,13H,2-5,7,11H2,1H3. The van der Waals surface area contributed by atoms with Crippen molar-refractivity contribution >= 4 is 21.4 Å². The van der Waals surface area contributed by atoms with Crippen molar-refractivity contribution in [2.24, 2.45) is 5.73 Å². The lowest BCUT2D eigenvalue weighted by molar-refractivity contribution is 0.400. The summed E-state index contributed by atoms with van der Waals surface area (Å²) in [5.74, 6) is 0. The molecular weight excluding hydrogens is 258 g/mol. The Morgan fingerprint density at radius 2 is 2.18 bits per heavy atom. The van der Waals surface area contributed by atoms with Gasteiger partial charge in [0.15, 0.2) is 4.21 Å². The topological polar surface area (TPSA) is 85.1 Å². The number of rotatable bonds is 4. The molecule has 1 saturated carbocycles. The van der Waals surface area contributed by atoms with Gasteiger partial charge in [0.2, 0.25) is 0 Å². The Labute approximate surface area is 105 Å². The van der Waals surface area contributed by atoms with Crippen LogP contribution in [0, 0.1) is 6.92 Å². The fourth-order valence-corrected chi connectivity index (χ4v) is 4.78. The molecule has 0 bridgehead atoms. The zero-order valence-corrected chi connectivity index (χ0v) is 11.4. The molecule has 7 heteroatoms. The van der Waals surface area contributed by atoms with Gasteiger partial charge in [0.1, 0.15) is 0 Å². The first-order chi connectivity index (χ1) is 7.97. The molecule has 5 nitrogen and oxygen atoms in total. The van der Waals surface area contributed by atoms with E-state index in [0.29, 0.717) is 6.54 Å². The number of aromatic nitrogens is 1. The summed E-state index contributed by atoms with van der Waals surface area (Å²) < 4.78 is 27.4. The SMILES string of the molecule is Cc1ncc(S(=O)(=O)NC2(CN)CCCC2)s1. The molecule has 1 aromatic heterocycles. The Morgan fingerprint density at radius 1 is 1.53 bits per heavy atom. The van der Waals surface area contributed by atoms with Gasteiger partial charge in [-0.3, -0.25) is 0 Å². The third-order valence-electron chi connectivity index (χ3n) is 3.17. The first-order valence-electron chi connectivity index (χ1n) is 5.64. The Bertz CT molecular complexity index is 489. The van der Waals surface area contributed by atoms with Gasteiger partial charge in [-0.05, 0) is 19.8 Å². The molecule has 0 amide bonds.